The van der Waals surface area contributed by atoms with E-state index in [4.69, 9.17) is 9.15 Å². The summed E-state index contributed by atoms with van der Waals surface area (Å²) in [5.41, 5.74) is 2.17. The third kappa shape index (κ3) is 2.82. The minimum absolute atomic E-state index is 0.467. The van der Waals surface area contributed by atoms with Gasteiger partial charge in [0.15, 0.2) is 0 Å². The molecule has 1 aromatic heterocycles. The summed E-state index contributed by atoms with van der Waals surface area (Å²) >= 11 is 0. The molecular formula is C15H19N3O2. The molecule has 5 nitrogen and oxygen atoms in total. The van der Waals surface area contributed by atoms with Crippen LogP contribution in [0.5, 0.6) is 5.75 Å². The Kier molecular flexibility index (Phi) is 3.69. The Morgan fingerprint density at radius 3 is 3.05 bits per heavy atom. The lowest BCUT2D eigenvalue weighted by atomic mass is 10.1. The van der Waals surface area contributed by atoms with Crippen LogP contribution in [0.3, 0.4) is 0 Å². The second-order valence-corrected chi connectivity index (χ2v) is 5.28. The van der Waals surface area contributed by atoms with Crippen molar-refractivity contribution in [3.63, 3.8) is 0 Å². The van der Waals surface area contributed by atoms with E-state index in [1.165, 1.54) is 5.56 Å². The maximum Gasteiger partial charge on any atom is 0.247 e. The van der Waals surface area contributed by atoms with Crippen molar-refractivity contribution in [3.05, 3.63) is 29.7 Å². The summed E-state index contributed by atoms with van der Waals surface area (Å²) in [6.07, 6.45) is 1.70. The van der Waals surface area contributed by atoms with Gasteiger partial charge in [-0.25, -0.2) is 0 Å². The Hall–Kier alpha value is -1.88. The van der Waals surface area contributed by atoms with Crippen LogP contribution in [0.25, 0.3) is 11.5 Å². The van der Waals surface area contributed by atoms with Gasteiger partial charge in [-0.05, 0) is 23.8 Å². The van der Waals surface area contributed by atoms with Gasteiger partial charge in [0.05, 0.1) is 6.61 Å². The third-order valence-corrected chi connectivity index (χ3v) is 3.29. The highest BCUT2D eigenvalue weighted by molar-refractivity contribution is 5.57. The molecule has 1 aromatic carbocycles. The third-order valence-electron chi connectivity index (χ3n) is 3.29. The van der Waals surface area contributed by atoms with Crippen LogP contribution in [0.4, 0.5) is 0 Å². The topological polar surface area (TPSA) is 60.2 Å². The van der Waals surface area contributed by atoms with Crippen LogP contribution < -0.4 is 10.1 Å². The van der Waals surface area contributed by atoms with Crippen LogP contribution >= 0.6 is 0 Å². The summed E-state index contributed by atoms with van der Waals surface area (Å²) in [5, 5.41) is 11.6. The largest absolute Gasteiger partial charge is 0.493 e. The smallest absolute Gasteiger partial charge is 0.247 e. The molecule has 2 heterocycles. The summed E-state index contributed by atoms with van der Waals surface area (Å²) in [5.74, 6) is 2.22. The average Bonchev–Trinajstić information content (AvgIpc) is 3.05. The zero-order valence-electron chi connectivity index (χ0n) is 11.8. The zero-order valence-corrected chi connectivity index (χ0v) is 11.8. The van der Waals surface area contributed by atoms with Crippen molar-refractivity contribution < 1.29 is 9.15 Å². The van der Waals surface area contributed by atoms with Gasteiger partial charge < -0.3 is 14.5 Å². The highest BCUT2D eigenvalue weighted by Crippen LogP contribution is 2.29. The SMILES string of the molecule is CC(C)NCCc1nnc(-c2ccc3c(c2)CCO3)o1. The molecule has 0 saturated heterocycles. The van der Waals surface area contributed by atoms with E-state index >= 15 is 0 Å². The van der Waals surface area contributed by atoms with E-state index in [2.05, 4.69) is 35.4 Å². The molecule has 0 amide bonds. The Morgan fingerprint density at radius 2 is 2.20 bits per heavy atom. The first kappa shape index (κ1) is 13.1. The minimum atomic E-state index is 0.467. The van der Waals surface area contributed by atoms with Gasteiger partial charge >= 0.3 is 0 Å². The van der Waals surface area contributed by atoms with Gasteiger partial charge in [0, 0.05) is 31.0 Å². The molecule has 0 saturated carbocycles. The van der Waals surface area contributed by atoms with E-state index in [-0.39, 0.29) is 0 Å². The van der Waals surface area contributed by atoms with Crippen LogP contribution in [-0.2, 0) is 12.8 Å². The fraction of sp³-hybridized carbons (Fsp3) is 0.467. The summed E-state index contributed by atoms with van der Waals surface area (Å²) in [7, 11) is 0. The first-order valence-corrected chi connectivity index (χ1v) is 7.04. The molecule has 0 aliphatic carbocycles. The van der Waals surface area contributed by atoms with Crippen molar-refractivity contribution in [1.82, 2.24) is 15.5 Å². The summed E-state index contributed by atoms with van der Waals surface area (Å²) in [6.45, 7) is 5.84. The van der Waals surface area contributed by atoms with E-state index in [9.17, 15) is 0 Å². The molecule has 5 heteroatoms. The molecule has 1 aliphatic rings. The monoisotopic (exact) mass is 273 g/mol. The van der Waals surface area contributed by atoms with E-state index in [0.29, 0.717) is 17.8 Å². The molecule has 0 spiro atoms. The molecule has 106 valence electrons. The quantitative estimate of drug-likeness (QED) is 0.905. The molecule has 0 atom stereocenters. The Labute approximate surface area is 118 Å². The molecule has 0 bridgehead atoms. The second-order valence-electron chi connectivity index (χ2n) is 5.28. The molecular weight excluding hydrogens is 254 g/mol. The minimum Gasteiger partial charge on any atom is -0.493 e. The van der Waals surface area contributed by atoms with Crippen molar-refractivity contribution in [2.75, 3.05) is 13.2 Å². The first-order valence-electron chi connectivity index (χ1n) is 7.04. The predicted octanol–water partition coefficient (Wildman–Crippen LogP) is 2.21. The fourth-order valence-electron chi connectivity index (χ4n) is 2.26. The van der Waals surface area contributed by atoms with Gasteiger partial charge in [-0.15, -0.1) is 10.2 Å². The van der Waals surface area contributed by atoms with Gasteiger partial charge in [0.1, 0.15) is 5.75 Å². The average molecular weight is 273 g/mol. The summed E-state index contributed by atoms with van der Waals surface area (Å²) in [4.78, 5) is 0. The molecule has 0 unspecified atom stereocenters. The van der Waals surface area contributed by atoms with Crippen LogP contribution in [0, 0.1) is 0 Å². The lowest BCUT2D eigenvalue weighted by molar-refractivity contribution is 0.357. The van der Waals surface area contributed by atoms with E-state index in [1.54, 1.807) is 0 Å². The lowest BCUT2D eigenvalue weighted by Crippen LogP contribution is -2.25. The van der Waals surface area contributed by atoms with E-state index in [0.717, 1.165) is 37.3 Å². The Morgan fingerprint density at radius 1 is 1.30 bits per heavy atom. The van der Waals surface area contributed by atoms with Gasteiger partial charge in [0.25, 0.3) is 0 Å². The molecule has 1 N–H and O–H groups in total. The van der Waals surface area contributed by atoms with Gasteiger partial charge in [-0.1, -0.05) is 13.8 Å². The van der Waals surface area contributed by atoms with E-state index in [1.807, 2.05) is 12.1 Å². The van der Waals surface area contributed by atoms with E-state index < -0.39 is 0 Å². The zero-order chi connectivity index (χ0) is 13.9. The van der Waals surface area contributed by atoms with Crippen molar-refractivity contribution >= 4 is 0 Å². The number of ether oxygens (including phenoxy) is 1. The number of rotatable bonds is 5. The van der Waals surface area contributed by atoms with Crippen molar-refractivity contribution in [3.8, 4) is 17.2 Å². The molecule has 0 fully saturated rings. The number of nitrogens with one attached hydrogen (secondary N) is 1. The van der Waals surface area contributed by atoms with Gasteiger partial charge in [0.2, 0.25) is 11.8 Å². The summed E-state index contributed by atoms with van der Waals surface area (Å²) in [6, 6.07) is 6.48. The number of benzene rings is 1. The lowest BCUT2D eigenvalue weighted by Gasteiger charge is -2.04. The molecule has 3 rings (SSSR count). The number of nitrogens with zero attached hydrogens (tertiary/aromatic N) is 2. The van der Waals surface area contributed by atoms with Crippen LogP contribution in [-0.4, -0.2) is 29.4 Å². The van der Waals surface area contributed by atoms with Crippen molar-refractivity contribution in [2.24, 2.45) is 0 Å². The Bertz CT molecular complexity index is 593. The summed E-state index contributed by atoms with van der Waals surface area (Å²) < 4.78 is 11.2. The van der Waals surface area contributed by atoms with Gasteiger partial charge in [-0.3, -0.25) is 0 Å². The highest BCUT2D eigenvalue weighted by atomic mass is 16.5. The molecule has 2 aromatic rings. The highest BCUT2D eigenvalue weighted by Gasteiger charge is 2.15. The number of fused-ring (bicyclic) bond motifs is 1. The van der Waals surface area contributed by atoms with Crippen molar-refractivity contribution in [1.29, 1.82) is 0 Å². The molecule has 0 radical (unpaired) electrons. The maximum atomic E-state index is 5.71. The number of hydrogen-bond acceptors (Lipinski definition) is 5. The number of aromatic nitrogens is 2. The van der Waals surface area contributed by atoms with Crippen LogP contribution in [0.1, 0.15) is 25.3 Å². The van der Waals surface area contributed by atoms with Crippen molar-refractivity contribution in [2.45, 2.75) is 32.7 Å². The maximum absolute atomic E-state index is 5.71. The van der Waals surface area contributed by atoms with Crippen LogP contribution in [0.2, 0.25) is 0 Å². The first-order chi connectivity index (χ1) is 9.72. The Balaban J connectivity index is 1.70. The normalized spacial score (nSPS) is 13.6. The second kappa shape index (κ2) is 5.63. The predicted molar refractivity (Wildman–Crippen MR) is 75.8 cm³/mol. The van der Waals surface area contributed by atoms with Crippen LogP contribution in [0.15, 0.2) is 22.6 Å². The van der Waals surface area contributed by atoms with Gasteiger partial charge in [-0.2, -0.15) is 0 Å². The number of hydrogen-bond donors (Lipinski definition) is 1. The standard InChI is InChI=1S/C15H19N3O2/c1-10(2)16-7-5-14-17-18-15(20-14)12-3-4-13-11(9-12)6-8-19-13/h3-4,9-10,16H,5-8H2,1-2H3. The molecule has 20 heavy (non-hydrogen) atoms. The fourth-order valence-corrected chi connectivity index (χ4v) is 2.26. The molecule has 1 aliphatic heterocycles.